The number of rotatable bonds is 5. The highest BCUT2D eigenvalue weighted by Crippen LogP contribution is 2.41. The average molecular weight is 352 g/mol. The van der Waals surface area contributed by atoms with Crippen LogP contribution in [0, 0.1) is 5.41 Å². The van der Waals surface area contributed by atoms with Gasteiger partial charge in [0.15, 0.2) is 0 Å². The molecule has 3 saturated heterocycles. The molecule has 25 heavy (non-hydrogen) atoms. The summed E-state index contributed by atoms with van der Waals surface area (Å²) in [6.07, 6.45) is 3.79. The van der Waals surface area contributed by atoms with E-state index in [1.54, 1.807) is 0 Å². The third kappa shape index (κ3) is 5.15. The summed E-state index contributed by atoms with van der Waals surface area (Å²) in [4.78, 5) is 27.9. The summed E-state index contributed by atoms with van der Waals surface area (Å²) in [6, 6.07) is 0. The molecule has 0 bridgehead atoms. The van der Waals surface area contributed by atoms with Gasteiger partial charge in [-0.05, 0) is 24.7 Å². The summed E-state index contributed by atoms with van der Waals surface area (Å²) < 4.78 is 5.89. The Bertz CT molecular complexity index is 471. The molecule has 1 unspecified atom stereocenters. The van der Waals surface area contributed by atoms with E-state index < -0.39 is 0 Å². The lowest BCUT2D eigenvalue weighted by molar-refractivity contribution is -0.134. The molecule has 3 heterocycles. The molecule has 0 aromatic carbocycles. The SMILES string of the molecule is CC(=O)NCC1CC2(CCN(C(=O)CCN3CCNCC3)CC2)CO1. The van der Waals surface area contributed by atoms with Crippen molar-refractivity contribution in [2.24, 2.45) is 5.41 Å². The highest BCUT2D eigenvalue weighted by Gasteiger charge is 2.42. The van der Waals surface area contributed by atoms with Crippen molar-refractivity contribution in [2.75, 3.05) is 59.0 Å². The quantitative estimate of drug-likeness (QED) is 0.718. The molecule has 0 aromatic rings. The van der Waals surface area contributed by atoms with Crippen molar-refractivity contribution in [3.63, 3.8) is 0 Å². The number of carbonyl (C=O) groups is 2. The second kappa shape index (κ2) is 8.47. The number of nitrogens with one attached hydrogen (secondary N) is 2. The van der Waals surface area contributed by atoms with Crippen LogP contribution >= 0.6 is 0 Å². The van der Waals surface area contributed by atoms with E-state index in [0.717, 1.165) is 71.7 Å². The molecule has 3 rings (SSSR count). The van der Waals surface area contributed by atoms with Crippen LogP contribution in [0.3, 0.4) is 0 Å². The number of hydrogen-bond acceptors (Lipinski definition) is 5. The number of hydrogen-bond donors (Lipinski definition) is 2. The second-order valence-electron chi connectivity index (χ2n) is 7.80. The number of ether oxygens (including phenoxy) is 1. The van der Waals surface area contributed by atoms with Gasteiger partial charge >= 0.3 is 0 Å². The second-order valence-corrected chi connectivity index (χ2v) is 7.80. The largest absolute Gasteiger partial charge is 0.376 e. The van der Waals surface area contributed by atoms with E-state index in [2.05, 4.69) is 15.5 Å². The first-order chi connectivity index (χ1) is 12.1. The van der Waals surface area contributed by atoms with Gasteiger partial charge in [0.2, 0.25) is 11.8 Å². The maximum atomic E-state index is 12.5. The first-order valence-electron chi connectivity index (χ1n) is 9.63. The number of piperazine rings is 1. The molecule has 1 atom stereocenters. The Balaban J connectivity index is 1.38. The number of nitrogens with zero attached hydrogens (tertiary/aromatic N) is 2. The normalized spacial score (nSPS) is 26.8. The summed E-state index contributed by atoms with van der Waals surface area (Å²) in [7, 11) is 0. The monoisotopic (exact) mass is 352 g/mol. The number of likely N-dealkylation sites (tertiary alicyclic amines) is 1. The molecule has 2 amide bonds. The summed E-state index contributed by atoms with van der Waals surface area (Å²) in [5, 5.41) is 6.19. The minimum Gasteiger partial charge on any atom is -0.376 e. The fourth-order valence-electron chi connectivity index (χ4n) is 4.21. The van der Waals surface area contributed by atoms with Crippen molar-refractivity contribution in [3.05, 3.63) is 0 Å². The van der Waals surface area contributed by atoms with E-state index in [4.69, 9.17) is 4.74 Å². The van der Waals surface area contributed by atoms with E-state index in [-0.39, 0.29) is 17.4 Å². The summed E-state index contributed by atoms with van der Waals surface area (Å²) in [6.45, 7) is 9.62. The van der Waals surface area contributed by atoms with Gasteiger partial charge in [-0.2, -0.15) is 0 Å². The van der Waals surface area contributed by atoms with Crippen LogP contribution in [0.4, 0.5) is 0 Å². The van der Waals surface area contributed by atoms with Gasteiger partial charge in [-0.1, -0.05) is 0 Å². The molecule has 3 fully saturated rings. The van der Waals surface area contributed by atoms with E-state index in [0.29, 0.717) is 18.9 Å². The average Bonchev–Trinajstić information content (AvgIpc) is 3.02. The summed E-state index contributed by atoms with van der Waals surface area (Å²) >= 11 is 0. The Morgan fingerprint density at radius 2 is 1.92 bits per heavy atom. The fraction of sp³-hybridized carbons (Fsp3) is 0.889. The van der Waals surface area contributed by atoms with Gasteiger partial charge in [0, 0.05) is 65.7 Å². The molecule has 0 radical (unpaired) electrons. The van der Waals surface area contributed by atoms with Crippen molar-refractivity contribution in [2.45, 2.75) is 38.7 Å². The van der Waals surface area contributed by atoms with E-state index >= 15 is 0 Å². The third-order valence-corrected chi connectivity index (χ3v) is 5.89. The predicted octanol–water partition coefficient (Wildman–Crippen LogP) is -0.184. The Morgan fingerprint density at radius 1 is 1.20 bits per heavy atom. The summed E-state index contributed by atoms with van der Waals surface area (Å²) in [5.74, 6) is 0.288. The zero-order valence-corrected chi connectivity index (χ0v) is 15.4. The van der Waals surface area contributed by atoms with Crippen molar-refractivity contribution >= 4 is 11.8 Å². The first kappa shape index (κ1) is 18.6. The van der Waals surface area contributed by atoms with Crippen LogP contribution < -0.4 is 10.6 Å². The lowest BCUT2D eigenvalue weighted by atomic mass is 9.76. The molecule has 0 saturated carbocycles. The van der Waals surface area contributed by atoms with Crippen molar-refractivity contribution < 1.29 is 14.3 Å². The number of carbonyl (C=O) groups excluding carboxylic acids is 2. The Labute approximate surface area is 150 Å². The standard InChI is InChI=1S/C18H32N4O3/c1-15(23)20-13-16-12-18(14-25-16)3-8-22(9-4-18)17(24)2-7-21-10-5-19-6-11-21/h16,19H,2-14H2,1H3,(H,20,23). The lowest BCUT2D eigenvalue weighted by Gasteiger charge is -2.39. The van der Waals surface area contributed by atoms with Crippen LogP contribution in [0.2, 0.25) is 0 Å². The predicted molar refractivity (Wildman–Crippen MR) is 95.2 cm³/mol. The van der Waals surface area contributed by atoms with Crippen LogP contribution in [0.15, 0.2) is 0 Å². The van der Waals surface area contributed by atoms with Crippen molar-refractivity contribution in [1.82, 2.24) is 20.4 Å². The zero-order chi connectivity index (χ0) is 17.7. The molecule has 142 valence electrons. The third-order valence-electron chi connectivity index (χ3n) is 5.89. The van der Waals surface area contributed by atoms with Gasteiger partial charge in [-0.25, -0.2) is 0 Å². The first-order valence-corrected chi connectivity index (χ1v) is 9.63. The highest BCUT2D eigenvalue weighted by atomic mass is 16.5. The van der Waals surface area contributed by atoms with E-state index in [1.165, 1.54) is 6.92 Å². The van der Waals surface area contributed by atoms with Crippen molar-refractivity contribution in [3.8, 4) is 0 Å². The topological polar surface area (TPSA) is 73.9 Å². The van der Waals surface area contributed by atoms with Crippen LogP contribution in [0.5, 0.6) is 0 Å². The lowest BCUT2D eigenvalue weighted by Crippen LogP contribution is -2.47. The minimum absolute atomic E-state index is 0.00514. The van der Waals surface area contributed by atoms with Gasteiger partial charge in [-0.3, -0.25) is 9.59 Å². The van der Waals surface area contributed by atoms with Gasteiger partial charge in [-0.15, -0.1) is 0 Å². The smallest absolute Gasteiger partial charge is 0.223 e. The molecule has 3 aliphatic heterocycles. The van der Waals surface area contributed by atoms with Gasteiger partial charge < -0.3 is 25.2 Å². The van der Waals surface area contributed by atoms with Crippen molar-refractivity contribution in [1.29, 1.82) is 0 Å². The Kier molecular flexibility index (Phi) is 6.30. The summed E-state index contributed by atoms with van der Waals surface area (Å²) in [5.41, 5.74) is 0.207. The maximum absolute atomic E-state index is 12.5. The number of piperidine rings is 1. The zero-order valence-electron chi connectivity index (χ0n) is 15.4. The molecular weight excluding hydrogens is 320 g/mol. The van der Waals surface area contributed by atoms with E-state index in [9.17, 15) is 9.59 Å². The highest BCUT2D eigenvalue weighted by molar-refractivity contribution is 5.76. The number of amides is 2. The molecule has 7 nitrogen and oxygen atoms in total. The molecule has 0 aromatic heterocycles. The minimum atomic E-state index is -0.00514. The van der Waals surface area contributed by atoms with Crippen LogP contribution in [0.1, 0.15) is 32.6 Å². The molecule has 7 heteroatoms. The maximum Gasteiger partial charge on any atom is 0.223 e. The van der Waals surface area contributed by atoms with Crippen LogP contribution in [0.25, 0.3) is 0 Å². The van der Waals surface area contributed by atoms with Crippen LogP contribution in [-0.2, 0) is 14.3 Å². The Morgan fingerprint density at radius 3 is 2.60 bits per heavy atom. The fourth-order valence-corrected chi connectivity index (χ4v) is 4.21. The van der Waals surface area contributed by atoms with E-state index in [1.807, 2.05) is 4.90 Å². The van der Waals surface area contributed by atoms with Gasteiger partial charge in [0.25, 0.3) is 0 Å². The molecule has 3 aliphatic rings. The molecule has 0 aliphatic carbocycles. The molecular formula is C18H32N4O3. The van der Waals surface area contributed by atoms with Gasteiger partial charge in [0.1, 0.15) is 0 Å². The Hall–Kier alpha value is -1.18. The molecule has 1 spiro atoms. The van der Waals surface area contributed by atoms with Crippen LogP contribution in [-0.4, -0.2) is 86.7 Å². The van der Waals surface area contributed by atoms with Gasteiger partial charge in [0.05, 0.1) is 12.7 Å². The molecule has 2 N–H and O–H groups in total.